The maximum absolute atomic E-state index is 12.2. The van der Waals surface area contributed by atoms with E-state index < -0.39 is 10.0 Å². The molecule has 0 atom stereocenters. The number of nitrogens with one attached hydrogen (secondary N) is 2. The Bertz CT molecular complexity index is 800. The fraction of sp³-hybridized carbons (Fsp3) is 0.278. The molecule has 7 heteroatoms. The number of sulfonamides is 1. The highest BCUT2D eigenvalue weighted by Crippen LogP contribution is 2.14. The van der Waals surface area contributed by atoms with E-state index in [-0.39, 0.29) is 24.0 Å². The van der Waals surface area contributed by atoms with E-state index in [0.29, 0.717) is 11.3 Å². The van der Waals surface area contributed by atoms with Gasteiger partial charge in [-0.2, -0.15) is 0 Å². The van der Waals surface area contributed by atoms with Gasteiger partial charge in [0.1, 0.15) is 0 Å². The second kappa shape index (κ2) is 8.75. The molecule has 2 rings (SSSR count). The molecule has 0 aliphatic heterocycles. The minimum Gasteiger partial charge on any atom is -0.383 e. The Morgan fingerprint density at radius 1 is 1.04 bits per heavy atom. The molecule has 1 amide bonds. The highest BCUT2D eigenvalue weighted by Gasteiger charge is 2.14. The predicted molar refractivity (Wildman–Crippen MR) is 97.3 cm³/mol. The van der Waals surface area contributed by atoms with E-state index in [2.05, 4.69) is 17.0 Å². The maximum atomic E-state index is 12.2. The number of amides is 1. The number of methoxy groups -OCH3 is 1. The van der Waals surface area contributed by atoms with Crippen LogP contribution >= 0.6 is 0 Å². The summed E-state index contributed by atoms with van der Waals surface area (Å²) in [5.41, 5.74) is 2.27. The van der Waals surface area contributed by atoms with Gasteiger partial charge in [0, 0.05) is 24.9 Å². The van der Waals surface area contributed by atoms with Crippen molar-refractivity contribution in [2.75, 3.05) is 25.6 Å². The van der Waals surface area contributed by atoms with Crippen molar-refractivity contribution in [3.63, 3.8) is 0 Å². The van der Waals surface area contributed by atoms with E-state index in [4.69, 9.17) is 4.74 Å². The first kappa shape index (κ1) is 19.1. The number of hydrogen-bond acceptors (Lipinski definition) is 4. The van der Waals surface area contributed by atoms with Crippen LogP contribution in [0, 0.1) is 0 Å². The molecule has 0 radical (unpaired) electrons. The zero-order valence-corrected chi connectivity index (χ0v) is 15.1. The summed E-state index contributed by atoms with van der Waals surface area (Å²) in [5.74, 6) is -0.291. The Morgan fingerprint density at radius 3 is 2.24 bits per heavy atom. The number of hydrogen-bond donors (Lipinski definition) is 2. The van der Waals surface area contributed by atoms with Crippen molar-refractivity contribution in [1.82, 2.24) is 4.72 Å². The third-order valence-electron chi connectivity index (χ3n) is 3.65. The molecule has 6 nitrogen and oxygen atoms in total. The summed E-state index contributed by atoms with van der Waals surface area (Å²) in [6.45, 7) is 2.54. The third kappa shape index (κ3) is 5.38. The van der Waals surface area contributed by atoms with Crippen molar-refractivity contribution in [3.8, 4) is 0 Å². The van der Waals surface area contributed by atoms with Gasteiger partial charge in [0.15, 0.2) is 0 Å². The Labute approximate surface area is 148 Å². The van der Waals surface area contributed by atoms with E-state index in [1.165, 1.54) is 36.9 Å². The SMILES string of the molecule is CCc1ccc(NC(=O)c2ccc(S(=O)(=O)NCCOC)cc2)cc1. The summed E-state index contributed by atoms with van der Waals surface area (Å²) < 4.78 is 31.4. The molecule has 0 fully saturated rings. The molecule has 25 heavy (non-hydrogen) atoms. The fourth-order valence-electron chi connectivity index (χ4n) is 2.17. The van der Waals surface area contributed by atoms with Gasteiger partial charge in [-0.1, -0.05) is 19.1 Å². The first-order valence-corrected chi connectivity index (χ1v) is 9.43. The number of carbonyl (C=O) groups excluding carboxylic acids is 1. The van der Waals surface area contributed by atoms with Gasteiger partial charge in [0.25, 0.3) is 5.91 Å². The molecule has 134 valence electrons. The van der Waals surface area contributed by atoms with Crippen LogP contribution in [0.2, 0.25) is 0 Å². The van der Waals surface area contributed by atoms with Crippen LogP contribution in [0.15, 0.2) is 53.4 Å². The van der Waals surface area contributed by atoms with Crippen molar-refractivity contribution in [1.29, 1.82) is 0 Å². The molecule has 0 unspecified atom stereocenters. The standard InChI is InChI=1S/C18H22N2O4S/c1-3-14-4-8-16(9-5-14)20-18(21)15-6-10-17(11-7-15)25(22,23)19-12-13-24-2/h4-11,19H,3,12-13H2,1-2H3,(H,20,21). The number of benzene rings is 2. The largest absolute Gasteiger partial charge is 0.383 e. The van der Waals surface area contributed by atoms with E-state index in [0.717, 1.165) is 6.42 Å². The van der Waals surface area contributed by atoms with Crippen LogP contribution in [0.4, 0.5) is 5.69 Å². The molecule has 0 aliphatic carbocycles. The van der Waals surface area contributed by atoms with Gasteiger partial charge in [-0.15, -0.1) is 0 Å². The van der Waals surface area contributed by atoms with Gasteiger partial charge >= 0.3 is 0 Å². The molecular formula is C18H22N2O4S. The lowest BCUT2D eigenvalue weighted by molar-refractivity contribution is 0.102. The summed E-state index contributed by atoms with van der Waals surface area (Å²) in [6.07, 6.45) is 0.933. The molecule has 2 aromatic carbocycles. The quantitative estimate of drug-likeness (QED) is 0.707. The van der Waals surface area contributed by atoms with Crippen molar-refractivity contribution >= 4 is 21.6 Å². The second-order valence-corrected chi connectivity index (χ2v) is 7.19. The smallest absolute Gasteiger partial charge is 0.255 e. The third-order valence-corrected chi connectivity index (χ3v) is 5.12. The molecule has 0 bridgehead atoms. The number of anilines is 1. The minimum absolute atomic E-state index is 0.104. The maximum Gasteiger partial charge on any atom is 0.255 e. The lowest BCUT2D eigenvalue weighted by Gasteiger charge is -2.08. The van der Waals surface area contributed by atoms with Gasteiger partial charge in [0.05, 0.1) is 11.5 Å². The monoisotopic (exact) mass is 362 g/mol. The number of carbonyl (C=O) groups is 1. The molecule has 0 aliphatic rings. The molecule has 2 N–H and O–H groups in total. The van der Waals surface area contributed by atoms with E-state index in [9.17, 15) is 13.2 Å². The highest BCUT2D eigenvalue weighted by molar-refractivity contribution is 7.89. The van der Waals surface area contributed by atoms with Crippen LogP contribution in [-0.4, -0.2) is 34.6 Å². The van der Waals surface area contributed by atoms with Gasteiger partial charge in [0.2, 0.25) is 10.0 Å². The molecule has 0 aromatic heterocycles. The van der Waals surface area contributed by atoms with Crippen molar-refractivity contribution in [3.05, 3.63) is 59.7 Å². The minimum atomic E-state index is -3.60. The summed E-state index contributed by atoms with van der Waals surface area (Å²) in [5, 5.41) is 2.79. The first-order valence-electron chi connectivity index (χ1n) is 7.95. The Balaban J connectivity index is 2.04. The summed E-state index contributed by atoms with van der Waals surface area (Å²) in [4.78, 5) is 12.4. The van der Waals surface area contributed by atoms with Crippen molar-refractivity contribution < 1.29 is 17.9 Å². The Kier molecular flexibility index (Phi) is 6.69. The average Bonchev–Trinajstić information content (AvgIpc) is 2.62. The lowest BCUT2D eigenvalue weighted by atomic mass is 10.1. The van der Waals surface area contributed by atoms with Gasteiger partial charge in [-0.3, -0.25) is 4.79 Å². The zero-order valence-electron chi connectivity index (χ0n) is 14.3. The molecule has 0 saturated heterocycles. The summed E-state index contributed by atoms with van der Waals surface area (Å²) in [6, 6.07) is 13.4. The topological polar surface area (TPSA) is 84.5 Å². The molecule has 0 heterocycles. The van der Waals surface area contributed by atoms with Gasteiger partial charge in [-0.05, 0) is 48.4 Å². The molecular weight excluding hydrogens is 340 g/mol. The fourth-order valence-corrected chi connectivity index (χ4v) is 3.19. The van der Waals surface area contributed by atoms with Crippen LogP contribution in [0.25, 0.3) is 0 Å². The molecule has 0 saturated carbocycles. The van der Waals surface area contributed by atoms with Crippen LogP contribution in [0.3, 0.4) is 0 Å². The summed E-state index contributed by atoms with van der Waals surface area (Å²) >= 11 is 0. The first-order chi connectivity index (χ1) is 12.0. The molecule has 0 spiro atoms. The zero-order chi connectivity index (χ0) is 18.3. The Hall–Kier alpha value is -2.22. The second-order valence-electron chi connectivity index (χ2n) is 5.42. The number of ether oxygens (including phenoxy) is 1. The van der Waals surface area contributed by atoms with Crippen LogP contribution in [-0.2, 0) is 21.2 Å². The highest BCUT2D eigenvalue weighted by atomic mass is 32.2. The van der Waals surface area contributed by atoms with Crippen LogP contribution in [0.1, 0.15) is 22.8 Å². The van der Waals surface area contributed by atoms with E-state index in [1.54, 1.807) is 0 Å². The molecule has 2 aromatic rings. The predicted octanol–water partition coefficient (Wildman–Crippen LogP) is 2.43. The van der Waals surface area contributed by atoms with Gasteiger partial charge < -0.3 is 10.1 Å². The van der Waals surface area contributed by atoms with Crippen molar-refractivity contribution in [2.24, 2.45) is 0 Å². The van der Waals surface area contributed by atoms with Gasteiger partial charge in [-0.25, -0.2) is 13.1 Å². The lowest BCUT2D eigenvalue weighted by Crippen LogP contribution is -2.27. The summed E-state index contributed by atoms with van der Waals surface area (Å²) in [7, 11) is -2.11. The van der Waals surface area contributed by atoms with Crippen molar-refractivity contribution in [2.45, 2.75) is 18.2 Å². The Morgan fingerprint density at radius 2 is 1.68 bits per heavy atom. The van der Waals surface area contributed by atoms with E-state index in [1.807, 2.05) is 24.3 Å². The normalized spacial score (nSPS) is 11.3. The van der Waals surface area contributed by atoms with Crippen LogP contribution in [0.5, 0.6) is 0 Å². The number of rotatable bonds is 8. The van der Waals surface area contributed by atoms with Crippen LogP contribution < -0.4 is 10.0 Å². The number of aryl methyl sites for hydroxylation is 1. The van der Waals surface area contributed by atoms with E-state index >= 15 is 0 Å². The average molecular weight is 362 g/mol.